The van der Waals surface area contributed by atoms with Crippen LogP contribution in [0.1, 0.15) is 59.8 Å². The molecule has 5 heteroatoms. The van der Waals surface area contributed by atoms with Crippen LogP contribution >= 0.6 is 0 Å². The smallest absolute Gasteiger partial charge is 0.239 e. The predicted octanol–water partition coefficient (Wildman–Crippen LogP) is 1.90. The molecule has 0 aliphatic carbocycles. The fourth-order valence-electron chi connectivity index (χ4n) is 3.10. The summed E-state index contributed by atoms with van der Waals surface area (Å²) in [7, 11) is 0. The number of piperidine rings is 1. The number of carbonyl (C=O) groups is 2. The Morgan fingerprint density at radius 2 is 2.00 bits per heavy atom. The molecule has 0 saturated carbocycles. The fraction of sp³-hybridized carbons (Fsp3) is 0.882. The number of nitrogens with zero attached hydrogens (tertiary/aromatic N) is 1. The minimum atomic E-state index is -0.444. The third-order valence-electron chi connectivity index (χ3n) is 4.26. The van der Waals surface area contributed by atoms with Gasteiger partial charge in [-0.1, -0.05) is 27.2 Å². The molecular weight excluding hydrogens is 278 g/mol. The second-order valence-corrected chi connectivity index (χ2v) is 7.06. The van der Waals surface area contributed by atoms with Crippen LogP contribution in [0.2, 0.25) is 0 Å². The van der Waals surface area contributed by atoms with Crippen molar-refractivity contribution in [2.45, 2.75) is 71.9 Å². The number of hydrogen-bond donors (Lipinski definition) is 2. The number of nitrogens with one attached hydrogen (secondary N) is 1. The number of amides is 2. The minimum Gasteiger partial charge on any atom is -0.353 e. The summed E-state index contributed by atoms with van der Waals surface area (Å²) >= 11 is 0. The summed E-state index contributed by atoms with van der Waals surface area (Å²) in [5.74, 6) is 0.379. The zero-order chi connectivity index (χ0) is 16.7. The Morgan fingerprint density at radius 1 is 1.32 bits per heavy atom. The molecule has 1 saturated heterocycles. The molecule has 0 aromatic carbocycles. The van der Waals surface area contributed by atoms with Gasteiger partial charge in [0.15, 0.2) is 0 Å². The summed E-state index contributed by atoms with van der Waals surface area (Å²) in [6.07, 6.45) is 4.47. The van der Waals surface area contributed by atoms with E-state index in [0.717, 1.165) is 32.2 Å². The Hall–Kier alpha value is -1.10. The van der Waals surface area contributed by atoms with E-state index in [1.165, 1.54) is 0 Å². The van der Waals surface area contributed by atoms with Crippen LogP contribution in [0.25, 0.3) is 0 Å². The maximum absolute atomic E-state index is 12.4. The molecule has 1 aliphatic heterocycles. The van der Waals surface area contributed by atoms with E-state index < -0.39 is 6.04 Å². The van der Waals surface area contributed by atoms with Gasteiger partial charge in [0.25, 0.3) is 0 Å². The summed E-state index contributed by atoms with van der Waals surface area (Å²) in [6.45, 7) is 9.50. The van der Waals surface area contributed by atoms with Crippen molar-refractivity contribution in [2.75, 3.05) is 13.1 Å². The number of nitrogens with two attached hydrogens (primary N) is 1. The Kier molecular flexibility index (Phi) is 7.87. The van der Waals surface area contributed by atoms with Gasteiger partial charge in [-0.25, -0.2) is 0 Å². The summed E-state index contributed by atoms with van der Waals surface area (Å²) in [5, 5.41) is 3.06. The summed E-state index contributed by atoms with van der Waals surface area (Å²) < 4.78 is 0. The van der Waals surface area contributed by atoms with Crippen molar-refractivity contribution >= 4 is 11.8 Å². The molecule has 0 aromatic rings. The van der Waals surface area contributed by atoms with Gasteiger partial charge >= 0.3 is 0 Å². The van der Waals surface area contributed by atoms with Gasteiger partial charge in [0, 0.05) is 19.1 Å². The quantitative estimate of drug-likeness (QED) is 0.754. The van der Waals surface area contributed by atoms with Crippen LogP contribution in [-0.2, 0) is 9.59 Å². The standard InChI is InChI=1S/C17H33N3O2/c1-5-7-13(4)19-16(21)14-8-6-9-20(11-14)17(22)15(18)10-12(2)3/h12-15H,5-11,18H2,1-4H3,(H,19,21)/t13?,14?,15-/m0/s1. The van der Waals surface area contributed by atoms with E-state index >= 15 is 0 Å². The Morgan fingerprint density at radius 3 is 2.59 bits per heavy atom. The van der Waals surface area contributed by atoms with Crippen molar-refractivity contribution in [1.29, 1.82) is 0 Å². The van der Waals surface area contributed by atoms with Crippen molar-refractivity contribution in [2.24, 2.45) is 17.6 Å². The topological polar surface area (TPSA) is 75.4 Å². The van der Waals surface area contributed by atoms with E-state index in [9.17, 15) is 9.59 Å². The molecule has 0 bridgehead atoms. The fourth-order valence-corrected chi connectivity index (χ4v) is 3.10. The zero-order valence-corrected chi connectivity index (χ0v) is 14.6. The molecule has 1 aliphatic rings. The van der Waals surface area contributed by atoms with Gasteiger partial charge < -0.3 is 16.0 Å². The van der Waals surface area contributed by atoms with Crippen LogP contribution in [0.5, 0.6) is 0 Å². The van der Waals surface area contributed by atoms with Gasteiger partial charge in [0.05, 0.1) is 12.0 Å². The van der Waals surface area contributed by atoms with E-state index in [0.29, 0.717) is 18.9 Å². The Balaban J connectivity index is 2.53. The van der Waals surface area contributed by atoms with Crippen LogP contribution in [0.3, 0.4) is 0 Å². The highest BCUT2D eigenvalue weighted by Crippen LogP contribution is 2.18. The average molecular weight is 311 g/mol. The predicted molar refractivity (Wildman–Crippen MR) is 89.2 cm³/mol. The van der Waals surface area contributed by atoms with Crippen LogP contribution in [0, 0.1) is 11.8 Å². The summed E-state index contributed by atoms with van der Waals surface area (Å²) in [4.78, 5) is 26.5. The largest absolute Gasteiger partial charge is 0.353 e. The molecule has 3 atom stereocenters. The molecule has 1 heterocycles. The molecule has 22 heavy (non-hydrogen) atoms. The zero-order valence-electron chi connectivity index (χ0n) is 14.6. The molecule has 2 unspecified atom stereocenters. The molecule has 2 amide bonds. The minimum absolute atomic E-state index is 0.00666. The van der Waals surface area contributed by atoms with Crippen LogP contribution in [0.4, 0.5) is 0 Å². The van der Waals surface area contributed by atoms with Gasteiger partial charge in [-0.15, -0.1) is 0 Å². The van der Waals surface area contributed by atoms with E-state index in [1.54, 1.807) is 4.90 Å². The second-order valence-electron chi connectivity index (χ2n) is 7.06. The van der Waals surface area contributed by atoms with E-state index in [2.05, 4.69) is 26.1 Å². The Labute approximate surface area is 135 Å². The van der Waals surface area contributed by atoms with Gasteiger partial charge in [0.2, 0.25) is 11.8 Å². The molecule has 0 aromatic heterocycles. The van der Waals surface area contributed by atoms with Gasteiger partial charge in [-0.05, 0) is 38.5 Å². The first kappa shape index (κ1) is 18.9. The first-order valence-electron chi connectivity index (χ1n) is 8.69. The average Bonchev–Trinajstić information content (AvgIpc) is 2.46. The maximum atomic E-state index is 12.4. The SMILES string of the molecule is CCCC(C)NC(=O)C1CCCN(C(=O)[C@@H](N)CC(C)C)C1. The molecule has 5 nitrogen and oxygen atoms in total. The highest BCUT2D eigenvalue weighted by molar-refractivity contribution is 5.84. The monoisotopic (exact) mass is 311 g/mol. The van der Waals surface area contributed by atoms with Crippen molar-refractivity contribution in [1.82, 2.24) is 10.2 Å². The second kappa shape index (κ2) is 9.13. The molecule has 3 N–H and O–H groups in total. The third kappa shape index (κ3) is 5.95. The first-order valence-corrected chi connectivity index (χ1v) is 8.69. The lowest BCUT2D eigenvalue weighted by Gasteiger charge is -2.34. The number of likely N-dealkylation sites (tertiary alicyclic amines) is 1. The van der Waals surface area contributed by atoms with Crippen LogP contribution in [0.15, 0.2) is 0 Å². The molecule has 128 valence electrons. The number of hydrogen-bond acceptors (Lipinski definition) is 3. The lowest BCUT2D eigenvalue weighted by Crippen LogP contribution is -2.51. The number of rotatable bonds is 7. The van der Waals surface area contributed by atoms with Crippen molar-refractivity contribution < 1.29 is 9.59 Å². The summed E-state index contributed by atoms with van der Waals surface area (Å²) in [6, 6.07) is -0.243. The highest BCUT2D eigenvalue weighted by atomic mass is 16.2. The van der Waals surface area contributed by atoms with Gasteiger partial charge in [-0.3, -0.25) is 9.59 Å². The lowest BCUT2D eigenvalue weighted by molar-refractivity contribution is -0.137. The van der Waals surface area contributed by atoms with E-state index in [-0.39, 0.29) is 23.8 Å². The normalized spacial score (nSPS) is 21.5. The van der Waals surface area contributed by atoms with E-state index in [1.807, 2.05) is 6.92 Å². The van der Waals surface area contributed by atoms with Crippen LogP contribution < -0.4 is 11.1 Å². The molecule has 1 fully saturated rings. The molecular formula is C17H33N3O2. The van der Waals surface area contributed by atoms with Crippen LogP contribution in [-0.4, -0.2) is 41.9 Å². The van der Waals surface area contributed by atoms with Gasteiger partial charge in [0.1, 0.15) is 0 Å². The van der Waals surface area contributed by atoms with E-state index in [4.69, 9.17) is 5.73 Å². The maximum Gasteiger partial charge on any atom is 0.239 e. The highest BCUT2D eigenvalue weighted by Gasteiger charge is 2.31. The number of carbonyl (C=O) groups excluding carboxylic acids is 2. The molecule has 0 radical (unpaired) electrons. The molecule has 1 rings (SSSR count). The van der Waals surface area contributed by atoms with Crippen molar-refractivity contribution in [3.05, 3.63) is 0 Å². The van der Waals surface area contributed by atoms with Crippen molar-refractivity contribution in [3.8, 4) is 0 Å². The van der Waals surface area contributed by atoms with Crippen molar-refractivity contribution in [3.63, 3.8) is 0 Å². The van der Waals surface area contributed by atoms with Gasteiger partial charge in [-0.2, -0.15) is 0 Å². The first-order chi connectivity index (χ1) is 10.3. The lowest BCUT2D eigenvalue weighted by atomic mass is 9.95. The molecule has 0 spiro atoms. The third-order valence-corrected chi connectivity index (χ3v) is 4.26. The Bertz CT molecular complexity index is 371. The summed E-state index contributed by atoms with van der Waals surface area (Å²) in [5.41, 5.74) is 6.00.